The molecule has 1 rings (SSSR count). The smallest absolute Gasteiger partial charge is 0.0480 e. The maximum atomic E-state index is 5.29. The minimum atomic E-state index is 0.720. The molecule has 72 valence electrons. The van der Waals surface area contributed by atoms with E-state index in [9.17, 15) is 0 Å². The van der Waals surface area contributed by atoms with Crippen LogP contribution in [0, 0.1) is 5.92 Å². The largest absolute Gasteiger partial charge is 0.381 e. The minimum absolute atomic E-state index is 0.720. The van der Waals surface area contributed by atoms with Crippen molar-refractivity contribution < 1.29 is 4.74 Å². The molecule has 0 bridgehead atoms. The van der Waals surface area contributed by atoms with Crippen LogP contribution in [0.5, 0.6) is 0 Å². The summed E-state index contributed by atoms with van der Waals surface area (Å²) in [6.07, 6.45) is 3.67. The average Bonchev–Trinajstić information content (AvgIpc) is 2.05. The summed E-state index contributed by atoms with van der Waals surface area (Å²) >= 11 is 0. The van der Waals surface area contributed by atoms with Gasteiger partial charge in [-0.25, -0.2) is 0 Å². The summed E-state index contributed by atoms with van der Waals surface area (Å²) in [6, 6.07) is 0.720. The summed E-state index contributed by atoms with van der Waals surface area (Å²) in [4.78, 5) is 0. The Hall–Kier alpha value is -0.0800. The average molecular weight is 171 g/mol. The van der Waals surface area contributed by atoms with Crippen molar-refractivity contribution in [2.24, 2.45) is 5.92 Å². The Bertz CT molecular complexity index is 108. The molecular formula is C10H21NO. The highest BCUT2D eigenvalue weighted by molar-refractivity contribution is 4.69. The molecule has 1 N–H and O–H groups in total. The Morgan fingerprint density at radius 3 is 2.58 bits per heavy atom. The second kappa shape index (κ2) is 5.55. The van der Waals surface area contributed by atoms with E-state index in [1.165, 1.54) is 25.8 Å². The van der Waals surface area contributed by atoms with E-state index in [4.69, 9.17) is 4.74 Å². The fourth-order valence-corrected chi connectivity index (χ4v) is 1.48. The number of hydrogen-bond acceptors (Lipinski definition) is 2. The van der Waals surface area contributed by atoms with Gasteiger partial charge in [-0.1, -0.05) is 13.8 Å². The minimum Gasteiger partial charge on any atom is -0.381 e. The Morgan fingerprint density at radius 1 is 1.33 bits per heavy atom. The van der Waals surface area contributed by atoms with E-state index in [1.54, 1.807) is 0 Å². The molecular weight excluding hydrogens is 150 g/mol. The lowest BCUT2D eigenvalue weighted by Gasteiger charge is -2.23. The molecule has 0 atom stereocenters. The van der Waals surface area contributed by atoms with Crippen molar-refractivity contribution in [3.8, 4) is 0 Å². The molecule has 1 aliphatic rings. The molecule has 0 aromatic carbocycles. The molecule has 2 heteroatoms. The lowest BCUT2D eigenvalue weighted by Crippen LogP contribution is -2.35. The van der Waals surface area contributed by atoms with Gasteiger partial charge in [0.15, 0.2) is 0 Å². The van der Waals surface area contributed by atoms with Gasteiger partial charge in [0.25, 0.3) is 0 Å². The van der Waals surface area contributed by atoms with Gasteiger partial charge in [0.1, 0.15) is 0 Å². The van der Waals surface area contributed by atoms with Crippen molar-refractivity contribution in [3.05, 3.63) is 0 Å². The molecule has 0 spiro atoms. The van der Waals surface area contributed by atoms with E-state index < -0.39 is 0 Å². The first-order chi connectivity index (χ1) is 5.79. The van der Waals surface area contributed by atoms with E-state index in [-0.39, 0.29) is 0 Å². The van der Waals surface area contributed by atoms with Gasteiger partial charge in [-0.15, -0.1) is 0 Å². The third-order valence-corrected chi connectivity index (χ3v) is 2.38. The first-order valence-electron chi connectivity index (χ1n) is 5.10. The number of rotatable bonds is 4. The lowest BCUT2D eigenvalue weighted by molar-refractivity contribution is 0.0778. The molecule has 2 nitrogen and oxygen atoms in total. The molecule has 0 saturated carbocycles. The highest BCUT2D eigenvalue weighted by atomic mass is 16.5. The quantitative estimate of drug-likeness (QED) is 0.696. The number of hydrogen-bond donors (Lipinski definition) is 1. The van der Waals surface area contributed by atoms with Crippen molar-refractivity contribution in [1.29, 1.82) is 0 Å². The Kier molecular flexibility index (Phi) is 4.62. The molecule has 0 aliphatic carbocycles. The second-order valence-corrected chi connectivity index (χ2v) is 4.02. The van der Waals surface area contributed by atoms with Gasteiger partial charge >= 0.3 is 0 Å². The van der Waals surface area contributed by atoms with Crippen LogP contribution in [0.15, 0.2) is 0 Å². The van der Waals surface area contributed by atoms with Crippen LogP contribution in [0.25, 0.3) is 0 Å². The van der Waals surface area contributed by atoms with Crippen molar-refractivity contribution in [2.75, 3.05) is 19.8 Å². The van der Waals surface area contributed by atoms with Gasteiger partial charge < -0.3 is 10.1 Å². The van der Waals surface area contributed by atoms with E-state index in [1.807, 2.05) is 0 Å². The molecule has 0 aromatic heterocycles. The van der Waals surface area contributed by atoms with Crippen molar-refractivity contribution in [3.63, 3.8) is 0 Å². The number of nitrogens with one attached hydrogen (secondary N) is 1. The van der Waals surface area contributed by atoms with Crippen molar-refractivity contribution in [1.82, 2.24) is 5.32 Å². The maximum Gasteiger partial charge on any atom is 0.0480 e. The molecule has 1 heterocycles. The van der Waals surface area contributed by atoms with E-state index in [0.29, 0.717) is 0 Å². The summed E-state index contributed by atoms with van der Waals surface area (Å²) in [5, 5.41) is 3.57. The molecule has 12 heavy (non-hydrogen) atoms. The predicted octanol–water partition coefficient (Wildman–Crippen LogP) is 1.80. The van der Waals surface area contributed by atoms with Crippen LogP contribution in [0.3, 0.4) is 0 Å². The summed E-state index contributed by atoms with van der Waals surface area (Å²) < 4.78 is 5.29. The van der Waals surface area contributed by atoms with Gasteiger partial charge in [-0.2, -0.15) is 0 Å². The standard InChI is InChI=1S/C10H21NO/c1-9(2)3-6-11-10-4-7-12-8-5-10/h9-11H,3-8H2,1-2H3. The highest BCUT2D eigenvalue weighted by Gasteiger charge is 2.12. The summed E-state index contributed by atoms with van der Waals surface area (Å²) in [6.45, 7) is 7.60. The van der Waals surface area contributed by atoms with Crippen LogP contribution in [0.1, 0.15) is 33.1 Å². The van der Waals surface area contributed by atoms with Crippen LogP contribution in [0.2, 0.25) is 0 Å². The third-order valence-electron chi connectivity index (χ3n) is 2.38. The predicted molar refractivity (Wildman–Crippen MR) is 51.3 cm³/mol. The molecule has 0 unspecified atom stereocenters. The molecule has 1 saturated heterocycles. The van der Waals surface area contributed by atoms with E-state index >= 15 is 0 Å². The molecule has 1 aliphatic heterocycles. The van der Waals surface area contributed by atoms with Gasteiger partial charge in [0.2, 0.25) is 0 Å². The van der Waals surface area contributed by atoms with Crippen molar-refractivity contribution in [2.45, 2.75) is 39.2 Å². The van der Waals surface area contributed by atoms with Crippen molar-refractivity contribution >= 4 is 0 Å². The lowest BCUT2D eigenvalue weighted by atomic mass is 10.1. The molecule has 0 aromatic rings. The molecule has 0 radical (unpaired) electrons. The Labute approximate surface area is 75.7 Å². The molecule has 0 amide bonds. The van der Waals surface area contributed by atoms with Gasteiger partial charge in [-0.05, 0) is 31.7 Å². The third kappa shape index (κ3) is 4.07. The van der Waals surface area contributed by atoms with Crippen LogP contribution in [0.4, 0.5) is 0 Å². The van der Waals surface area contributed by atoms with E-state index in [2.05, 4.69) is 19.2 Å². The first-order valence-corrected chi connectivity index (χ1v) is 5.10. The van der Waals surface area contributed by atoms with Crippen LogP contribution in [-0.4, -0.2) is 25.8 Å². The molecule has 1 fully saturated rings. The zero-order chi connectivity index (χ0) is 8.81. The monoisotopic (exact) mass is 171 g/mol. The summed E-state index contributed by atoms with van der Waals surface area (Å²) in [5.74, 6) is 0.817. The zero-order valence-electron chi connectivity index (χ0n) is 8.31. The topological polar surface area (TPSA) is 21.3 Å². The summed E-state index contributed by atoms with van der Waals surface area (Å²) in [5.41, 5.74) is 0. The first kappa shape index (κ1) is 10.0. The van der Waals surface area contributed by atoms with Crippen LogP contribution >= 0.6 is 0 Å². The van der Waals surface area contributed by atoms with Gasteiger partial charge in [0.05, 0.1) is 0 Å². The Morgan fingerprint density at radius 2 is 2.00 bits per heavy atom. The van der Waals surface area contributed by atoms with Gasteiger partial charge in [0, 0.05) is 19.3 Å². The summed E-state index contributed by atoms with van der Waals surface area (Å²) in [7, 11) is 0. The van der Waals surface area contributed by atoms with E-state index in [0.717, 1.165) is 25.2 Å². The van der Waals surface area contributed by atoms with Crippen LogP contribution < -0.4 is 5.32 Å². The SMILES string of the molecule is CC(C)CCNC1CCOCC1. The highest BCUT2D eigenvalue weighted by Crippen LogP contribution is 2.06. The zero-order valence-corrected chi connectivity index (χ0v) is 8.31. The fourth-order valence-electron chi connectivity index (χ4n) is 1.48. The fraction of sp³-hybridized carbons (Fsp3) is 1.00. The Balaban J connectivity index is 1.98. The maximum absolute atomic E-state index is 5.29. The van der Waals surface area contributed by atoms with Gasteiger partial charge in [-0.3, -0.25) is 0 Å². The number of ether oxygens (including phenoxy) is 1. The normalized spacial score (nSPS) is 20.2. The second-order valence-electron chi connectivity index (χ2n) is 4.02. The van der Waals surface area contributed by atoms with Crippen LogP contribution in [-0.2, 0) is 4.74 Å².